The van der Waals surface area contributed by atoms with Gasteiger partial charge in [0, 0.05) is 0 Å². The zero-order valence-corrected chi connectivity index (χ0v) is 7.01. The molecule has 64 valence electrons. The number of aromatic amines is 1. The van der Waals surface area contributed by atoms with Gasteiger partial charge in [-0.15, -0.1) is 0 Å². The Kier molecular flexibility index (Phi) is 2.49. The van der Waals surface area contributed by atoms with Gasteiger partial charge in [0.15, 0.2) is 0 Å². The predicted octanol–water partition coefficient (Wildman–Crippen LogP) is 0.611. The number of nitrogens with one attached hydrogen (secondary N) is 1. The normalized spacial score (nSPS) is 9.75. The van der Waals surface area contributed by atoms with Crippen LogP contribution in [0.3, 0.4) is 0 Å². The van der Waals surface area contributed by atoms with Crippen LogP contribution in [0.5, 0.6) is 0 Å². The van der Waals surface area contributed by atoms with E-state index in [0.717, 1.165) is 18.0 Å². The van der Waals surface area contributed by atoms with Crippen molar-refractivity contribution < 1.29 is 14.7 Å². The van der Waals surface area contributed by atoms with Crippen molar-refractivity contribution in [3.63, 3.8) is 0 Å². The Morgan fingerprint density at radius 2 is 2.33 bits per heavy atom. The van der Waals surface area contributed by atoms with Gasteiger partial charge in [-0.2, -0.15) is 5.10 Å². The third-order valence-electron chi connectivity index (χ3n) is 1.26. The minimum atomic E-state index is -1.15. The molecule has 0 atom stereocenters. The second-order valence-electron chi connectivity index (χ2n) is 1.96. The second-order valence-corrected chi connectivity index (χ2v) is 2.73. The van der Waals surface area contributed by atoms with Crippen LogP contribution in [-0.2, 0) is 0 Å². The van der Waals surface area contributed by atoms with Crippen LogP contribution in [0.2, 0.25) is 0 Å². The van der Waals surface area contributed by atoms with Gasteiger partial charge in [-0.05, 0) is 6.26 Å². The molecule has 0 amide bonds. The van der Waals surface area contributed by atoms with Gasteiger partial charge in [0.2, 0.25) is 5.12 Å². The minimum Gasteiger partial charge on any atom is -0.478 e. The Hall–Kier alpha value is -1.30. The molecule has 6 heteroatoms. The number of hydrogen-bond acceptors (Lipinski definition) is 4. The lowest BCUT2D eigenvalue weighted by atomic mass is 10.3. The van der Waals surface area contributed by atoms with Gasteiger partial charge in [0.1, 0.15) is 11.3 Å². The molecule has 0 saturated carbocycles. The SMILES string of the molecule is CSC(=O)c1[nH]ncc1C(=O)O. The summed E-state index contributed by atoms with van der Waals surface area (Å²) in [7, 11) is 0. The number of carboxylic acids is 1. The lowest BCUT2D eigenvalue weighted by Gasteiger charge is -1.92. The lowest BCUT2D eigenvalue weighted by Crippen LogP contribution is -2.03. The second kappa shape index (κ2) is 3.40. The first-order chi connectivity index (χ1) is 5.66. The number of thioether (sulfide) groups is 1. The maximum atomic E-state index is 11.0. The number of carbonyl (C=O) groups is 2. The average Bonchev–Trinajstić information content (AvgIpc) is 2.50. The summed E-state index contributed by atoms with van der Waals surface area (Å²) in [5.74, 6) is -1.15. The summed E-state index contributed by atoms with van der Waals surface area (Å²) in [4.78, 5) is 21.5. The predicted molar refractivity (Wildman–Crippen MR) is 43.4 cm³/mol. The smallest absolute Gasteiger partial charge is 0.339 e. The van der Waals surface area contributed by atoms with Crippen molar-refractivity contribution in [2.24, 2.45) is 0 Å². The minimum absolute atomic E-state index is 0.0370. The van der Waals surface area contributed by atoms with E-state index in [4.69, 9.17) is 5.11 Å². The topological polar surface area (TPSA) is 83.0 Å². The monoisotopic (exact) mass is 186 g/mol. The van der Waals surface area contributed by atoms with Crippen LogP contribution < -0.4 is 0 Å². The number of hydrogen-bond donors (Lipinski definition) is 2. The van der Waals surface area contributed by atoms with Crippen molar-refractivity contribution in [1.29, 1.82) is 0 Å². The summed E-state index contributed by atoms with van der Waals surface area (Å²) in [6, 6.07) is 0. The van der Waals surface area contributed by atoms with Crippen molar-refractivity contribution in [3.8, 4) is 0 Å². The maximum absolute atomic E-state index is 11.0. The Labute approximate surface area is 72.2 Å². The summed E-state index contributed by atoms with van der Waals surface area (Å²) < 4.78 is 0. The molecule has 0 bridgehead atoms. The summed E-state index contributed by atoms with van der Waals surface area (Å²) in [6.45, 7) is 0. The van der Waals surface area contributed by atoms with Gasteiger partial charge in [-0.25, -0.2) is 4.79 Å². The van der Waals surface area contributed by atoms with Gasteiger partial charge in [-0.3, -0.25) is 9.89 Å². The third-order valence-corrected chi connectivity index (χ3v) is 1.83. The highest BCUT2D eigenvalue weighted by Crippen LogP contribution is 2.11. The largest absolute Gasteiger partial charge is 0.478 e. The molecule has 5 nitrogen and oxygen atoms in total. The Bertz CT molecular complexity index is 320. The first-order valence-corrected chi connectivity index (χ1v) is 4.24. The summed E-state index contributed by atoms with van der Waals surface area (Å²) in [6.07, 6.45) is 2.70. The molecule has 2 N–H and O–H groups in total. The third kappa shape index (κ3) is 1.48. The molecule has 0 fully saturated rings. The zero-order valence-electron chi connectivity index (χ0n) is 6.20. The van der Waals surface area contributed by atoms with Crippen LogP contribution in [0.15, 0.2) is 6.20 Å². The molecular formula is C6H6N2O3S. The molecule has 12 heavy (non-hydrogen) atoms. The number of H-pyrrole nitrogens is 1. The fourth-order valence-corrected chi connectivity index (χ4v) is 1.07. The fourth-order valence-electron chi connectivity index (χ4n) is 0.706. The molecular weight excluding hydrogens is 180 g/mol. The van der Waals surface area contributed by atoms with Crippen LogP contribution in [0.1, 0.15) is 20.8 Å². The molecule has 0 unspecified atom stereocenters. The highest BCUT2D eigenvalue weighted by atomic mass is 32.2. The van der Waals surface area contributed by atoms with Crippen LogP contribution in [0.4, 0.5) is 0 Å². The average molecular weight is 186 g/mol. The molecule has 0 radical (unpaired) electrons. The molecule has 1 aromatic rings. The number of nitrogens with zero attached hydrogens (tertiary/aromatic N) is 1. The zero-order chi connectivity index (χ0) is 9.14. The van der Waals surface area contributed by atoms with Gasteiger partial charge in [0.25, 0.3) is 0 Å². The van der Waals surface area contributed by atoms with Crippen LogP contribution in [0, 0.1) is 0 Å². The van der Waals surface area contributed by atoms with Gasteiger partial charge in [-0.1, -0.05) is 11.8 Å². The number of aromatic carboxylic acids is 1. The molecule has 1 rings (SSSR count). The number of aromatic nitrogens is 2. The lowest BCUT2D eigenvalue weighted by molar-refractivity contribution is 0.0693. The fraction of sp³-hybridized carbons (Fsp3) is 0.167. The molecule has 0 aliphatic rings. The Balaban J connectivity index is 3.07. The molecule has 1 heterocycles. The standard InChI is InChI=1S/C6H6N2O3S/c1-12-6(11)4-3(5(9)10)2-7-8-4/h2H,1H3,(H,7,8)(H,9,10). The molecule has 0 aliphatic carbocycles. The van der Waals surface area contributed by atoms with Gasteiger partial charge >= 0.3 is 5.97 Å². The number of carbonyl (C=O) groups excluding carboxylic acids is 1. The van der Waals surface area contributed by atoms with Gasteiger partial charge in [0.05, 0.1) is 6.20 Å². The first-order valence-electron chi connectivity index (χ1n) is 3.01. The number of carboxylic acid groups (broad SMARTS) is 1. The quantitative estimate of drug-likeness (QED) is 0.707. The molecule has 1 aromatic heterocycles. The van der Waals surface area contributed by atoms with Crippen molar-refractivity contribution in [1.82, 2.24) is 10.2 Å². The van der Waals surface area contributed by atoms with E-state index in [1.165, 1.54) is 0 Å². The summed E-state index contributed by atoms with van der Waals surface area (Å²) >= 11 is 0.941. The highest BCUT2D eigenvalue weighted by Gasteiger charge is 2.17. The van der Waals surface area contributed by atoms with E-state index in [-0.39, 0.29) is 16.4 Å². The van der Waals surface area contributed by atoms with E-state index in [1.807, 2.05) is 0 Å². The van der Waals surface area contributed by atoms with Crippen molar-refractivity contribution >= 4 is 22.8 Å². The first kappa shape index (κ1) is 8.79. The van der Waals surface area contributed by atoms with E-state index < -0.39 is 5.97 Å². The van der Waals surface area contributed by atoms with Crippen molar-refractivity contribution in [2.75, 3.05) is 6.26 Å². The molecule has 0 saturated heterocycles. The number of rotatable bonds is 2. The van der Waals surface area contributed by atoms with Crippen molar-refractivity contribution in [3.05, 3.63) is 17.5 Å². The summed E-state index contributed by atoms with van der Waals surface area (Å²) in [5.41, 5.74) is -0.0515. The van der Waals surface area contributed by atoms with E-state index in [1.54, 1.807) is 6.26 Å². The van der Waals surface area contributed by atoms with E-state index in [0.29, 0.717) is 0 Å². The van der Waals surface area contributed by atoms with Gasteiger partial charge < -0.3 is 5.11 Å². The summed E-state index contributed by atoms with van der Waals surface area (Å²) in [5, 5.41) is 14.1. The maximum Gasteiger partial charge on any atom is 0.339 e. The van der Waals surface area contributed by atoms with Crippen LogP contribution in [-0.4, -0.2) is 32.6 Å². The molecule has 0 aromatic carbocycles. The highest BCUT2D eigenvalue weighted by molar-refractivity contribution is 8.13. The Morgan fingerprint density at radius 1 is 1.67 bits per heavy atom. The van der Waals surface area contributed by atoms with Crippen molar-refractivity contribution in [2.45, 2.75) is 0 Å². The van der Waals surface area contributed by atoms with Crippen LogP contribution >= 0.6 is 11.8 Å². The van der Waals surface area contributed by atoms with Crippen LogP contribution in [0.25, 0.3) is 0 Å². The molecule has 0 spiro atoms. The Morgan fingerprint density at radius 3 is 2.83 bits per heavy atom. The molecule has 0 aliphatic heterocycles. The van der Waals surface area contributed by atoms with E-state index in [9.17, 15) is 9.59 Å². The van der Waals surface area contributed by atoms with E-state index in [2.05, 4.69) is 10.2 Å². The van der Waals surface area contributed by atoms with E-state index >= 15 is 0 Å².